The molecule has 3 N–H and O–H groups in total. The molecule has 0 radical (unpaired) electrons. The summed E-state index contributed by atoms with van der Waals surface area (Å²) in [4.78, 5) is 25.2. The van der Waals surface area contributed by atoms with Crippen LogP contribution in [0.1, 0.15) is 55.2 Å². The van der Waals surface area contributed by atoms with Gasteiger partial charge in [-0.25, -0.2) is 17.9 Å². The standard InChI is InChI=1S/C31H33N3O5S/c1-20-11-6-7-14-24(20)29(35)33-27-17-18-28(26-16-9-8-15-25(26)27)40(37,38)34-21(2)22-12-10-13-23(19-22)32-30(36)39-31(3,4)5/h6-19,21,34H,1-5H3,(H,32,36)(H,33,35). The Balaban J connectivity index is 1.58. The second-order valence-corrected chi connectivity index (χ2v) is 12.2. The number of nitrogens with one attached hydrogen (secondary N) is 3. The summed E-state index contributed by atoms with van der Waals surface area (Å²) < 4.78 is 35.2. The van der Waals surface area contributed by atoms with Crippen molar-refractivity contribution in [3.05, 3.63) is 102 Å². The van der Waals surface area contributed by atoms with E-state index in [0.717, 1.165) is 5.56 Å². The summed E-state index contributed by atoms with van der Waals surface area (Å²) in [7, 11) is -3.97. The molecule has 0 aromatic heterocycles. The SMILES string of the molecule is Cc1ccccc1C(=O)Nc1ccc(S(=O)(=O)NC(C)c2cccc(NC(=O)OC(C)(C)C)c2)c2ccccc12. The van der Waals surface area contributed by atoms with Crippen molar-refractivity contribution in [1.82, 2.24) is 4.72 Å². The van der Waals surface area contributed by atoms with Crippen LogP contribution in [0.15, 0.2) is 89.8 Å². The van der Waals surface area contributed by atoms with E-state index >= 15 is 0 Å². The van der Waals surface area contributed by atoms with E-state index in [1.54, 1.807) is 94.4 Å². The molecule has 9 heteroatoms. The molecule has 2 amide bonds. The highest BCUT2D eigenvalue weighted by Crippen LogP contribution is 2.31. The van der Waals surface area contributed by atoms with Gasteiger partial charge in [0.1, 0.15) is 5.60 Å². The first-order chi connectivity index (χ1) is 18.8. The number of ether oxygens (including phenoxy) is 1. The molecule has 0 saturated carbocycles. The first kappa shape index (κ1) is 28.8. The molecule has 208 valence electrons. The first-order valence-electron chi connectivity index (χ1n) is 12.8. The molecule has 1 atom stereocenters. The van der Waals surface area contributed by atoms with E-state index in [-0.39, 0.29) is 10.8 Å². The second kappa shape index (κ2) is 11.5. The Labute approximate surface area is 234 Å². The van der Waals surface area contributed by atoms with Gasteiger partial charge in [0.2, 0.25) is 10.0 Å². The van der Waals surface area contributed by atoms with Crippen LogP contribution in [-0.4, -0.2) is 26.0 Å². The largest absolute Gasteiger partial charge is 0.444 e. The van der Waals surface area contributed by atoms with Crippen molar-refractivity contribution >= 4 is 44.2 Å². The van der Waals surface area contributed by atoms with Gasteiger partial charge in [0.15, 0.2) is 0 Å². The van der Waals surface area contributed by atoms with Gasteiger partial charge in [-0.3, -0.25) is 10.1 Å². The molecule has 40 heavy (non-hydrogen) atoms. The lowest BCUT2D eigenvalue weighted by atomic mass is 10.1. The number of fused-ring (bicyclic) bond motifs is 1. The minimum absolute atomic E-state index is 0.0897. The van der Waals surface area contributed by atoms with Gasteiger partial charge in [-0.1, -0.05) is 54.6 Å². The number of hydrogen-bond acceptors (Lipinski definition) is 5. The van der Waals surface area contributed by atoms with Gasteiger partial charge in [-0.05, 0) is 76.1 Å². The fourth-order valence-corrected chi connectivity index (χ4v) is 5.75. The normalized spacial score (nSPS) is 12.5. The lowest BCUT2D eigenvalue weighted by Gasteiger charge is -2.20. The molecule has 0 spiro atoms. The number of rotatable bonds is 7. The highest BCUT2D eigenvalue weighted by molar-refractivity contribution is 7.89. The van der Waals surface area contributed by atoms with Crippen LogP contribution in [0.5, 0.6) is 0 Å². The number of aryl methyl sites for hydroxylation is 1. The van der Waals surface area contributed by atoms with E-state index < -0.39 is 27.8 Å². The zero-order valence-electron chi connectivity index (χ0n) is 23.1. The van der Waals surface area contributed by atoms with Gasteiger partial charge in [0, 0.05) is 33.8 Å². The maximum absolute atomic E-state index is 13.6. The predicted octanol–water partition coefficient (Wildman–Crippen LogP) is 6.79. The molecular weight excluding hydrogens is 526 g/mol. The van der Waals surface area contributed by atoms with E-state index in [0.29, 0.717) is 33.3 Å². The van der Waals surface area contributed by atoms with E-state index in [9.17, 15) is 18.0 Å². The van der Waals surface area contributed by atoms with Crippen LogP contribution in [0.3, 0.4) is 0 Å². The Morgan fingerprint density at radius 2 is 1.50 bits per heavy atom. The molecule has 0 heterocycles. The maximum atomic E-state index is 13.6. The number of sulfonamides is 1. The Morgan fingerprint density at radius 3 is 2.20 bits per heavy atom. The Bertz CT molecular complexity index is 1680. The summed E-state index contributed by atoms with van der Waals surface area (Å²) in [5.74, 6) is -0.273. The van der Waals surface area contributed by atoms with Crippen LogP contribution in [0, 0.1) is 6.92 Å². The molecule has 0 bridgehead atoms. The lowest BCUT2D eigenvalue weighted by molar-refractivity contribution is 0.0635. The Kier molecular flexibility index (Phi) is 8.27. The summed E-state index contributed by atoms with van der Waals surface area (Å²) in [6.07, 6.45) is -0.598. The van der Waals surface area contributed by atoms with Crippen molar-refractivity contribution in [3.63, 3.8) is 0 Å². The Morgan fingerprint density at radius 1 is 0.825 bits per heavy atom. The minimum Gasteiger partial charge on any atom is -0.444 e. The molecule has 1 unspecified atom stereocenters. The fraction of sp³-hybridized carbons (Fsp3) is 0.226. The van der Waals surface area contributed by atoms with Crippen molar-refractivity contribution in [2.45, 2.75) is 51.2 Å². The number of amides is 2. The monoisotopic (exact) mass is 559 g/mol. The summed E-state index contributed by atoms with van der Waals surface area (Å²) in [5.41, 5.74) is 2.39. The van der Waals surface area contributed by atoms with Crippen LogP contribution in [0.2, 0.25) is 0 Å². The first-order valence-corrected chi connectivity index (χ1v) is 14.3. The maximum Gasteiger partial charge on any atom is 0.412 e. The van der Waals surface area contributed by atoms with Crippen LogP contribution in [0.25, 0.3) is 10.8 Å². The van der Waals surface area contributed by atoms with Gasteiger partial charge in [-0.2, -0.15) is 0 Å². The summed E-state index contributed by atoms with van der Waals surface area (Å²) in [6, 6.07) is 23.7. The molecular formula is C31H33N3O5S. The van der Waals surface area contributed by atoms with E-state index in [1.807, 2.05) is 19.1 Å². The quantitative estimate of drug-likeness (QED) is 0.231. The molecule has 0 aliphatic heterocycles. The number of hydrogen-bond donors (Lipinski definition) is 3. The van der Waals surface area contributed by atoms with Crippen LogP contribution >= 0.6 is 0 Å². The number of anilines is 2. The molecule has 8 nitrogen and oxygen atoms in total. The third kappa shape index (κ3) is 6.86. The van der Waals surface area contributed by atoms with Gasteiger partial charge in [-0.15, -0.1) is 0 Å². The molecule has 4 aromatic rings. The molecule has 0 fully saturated rings. The number of carbonyl (C=O) groups excluding carboxylic acids is 2. The Hall–Kier alpha value is -4.21. The summed E-state index contributed by atoms with van der Waals surface area (Å²) in [6.45, 7) is 8.90. The second-order valence-electron chi connectivity index (χ2n) is 10.5. The smallest absolute Gasteiger partial charge is 0.412 e. The van der Waals surface area contributed by atoms with E-state index in [1.165, 1.54) is 6.07 Å². The van der Waals surface area contributed by atoms with Crippen molar-refractivity contribution in [2.75, 3.05) is 10.6 Å². The zero-order chi connectivity index (χ0) is 29.1. The summed E-state index contributed by atoms with van der Waals surface area (Å²) >= 11 is 0. The number of carbonyl (C=O) groups is 2. The van der Waals surface area contributed by atoms with Crippen molar-refractivity contribution in [3.8, 4) is 0 Å². The topological polar surface area (TPSA) is 114 Å². The van der Waals surface area contributed by atoms with Crippen LogP contribution in [-0.2, 0) is 14.8 Å². The third-order valence-corrected chi connectivity index (χ3v) is 7.77. The average molecular weight is 560 g/mol. The molecule has 0 aliphatic rings. The molecule has 0 saturated heterocycles. The fourth-order valence-electron chi connectivity index (χ4n) is 4.30. The van der Waals surface area contributed by atoms with Gasteiger partial charge in [0.25, 0.3) is 5.91 Å². The zero-order valence-corrected chi connectivity index (χ0v) is 23.9. The molecule has 4 aromatic carbocycles. The predicted molar refractivity (Wildman–Crippen MR) is 158 cm³/mol. The van der Waals surface area contributed by atoms with Gasteiger partial charge < -0.3 is 10.1 Å². The van der Waals surface area contributed by atoms with Gasteiger partial charge in [0.05, 0.1) is 4.90 Å². The molecule has 4 rings (SSSR count). The summed E-state index contributed by atoms with van der Waals surface area (Å²) in [5, 5.41) is 6.68. The average Bonchev–Trinajstić information content (AvgIpc) is 2.87. The minimum atomic E-state index is -3.97. The van der Waals surface area contributed by atoms with E-state index in [4.69, 9.17) is 4.74 Å². The van der Waals surface area contributed by atoms with Crippen molar-refractivity contribution in [2.24, 2.45) is 0 Å². The van der Waals surface area contributed by atoms with Gasteiger partial charge >= 0.3 is 6.09 Å². The van der Waals surface area contributed by atoms with E-state index in [2.05, 4.69) is 15.4 Å². The van der Waals surface area contributed by atoms with Crippen molar-refractivity contribution < 1.29 is 22.7 Å². The molecule has 0 aliphatic carbocycles. The highest BCUT2D eigenvalue weighted by atomic mass is 32.2. The van der Waals surface area contributed by atoms with Crippen LogP contribution < -0.4 is 15.4 Å². The lowest BCUT2D eigenvalue weighted by Crippen LogP contribution is -2.28. The highest BCUT2D eigenvalue weighted by Gasteiger charge is 2.23. The van der Waals surface area contributed by atoms with Crippen molar-refractivity contribution in [1.29, 1.82) is 0 Å². The van der Waals surface area contributed by atoms with Crippen LogP contribution in [0.4, 0.5) is 16.2 Å². The third-order valence-electron chi connectivity index (χ3n) is 6.18. The number of benzene rings is 4.